The summed E-state index contributed by atoms with van der Waals surface area (Å²) in [6, 6.07) is 9.86. The van der Waals surface area contributed by atoms with E-state index in [0.29, 0.717) is 29.8 Å². The molecule has 0 spiro atoms. The summed E-state index contributed by atoms with van der Waals surface area (Å²) < 4.78 is 11.0. The minimum absolute atomic E-state index is 0.124. The number of benzene rings is 1. The number of rotatable bonds is 4. The van der Waals surface area contributed by atoms with E-state index in [2.05, 4.69) is 10.1 Å². The molecule has 1 aliphatic carbocycles. The van der Waals surface area contributed by atoms with Crippen molar-refractivity contribution < 1.29 is 8.94 Å². The van der Waals surface area contributed by atoms with E-state index in [1.165, 1.54) is 12.8 Å². The summed E-state index contributed by atoms with van der Waals surface area (Å²) in [5.41, 5.74) is 6.89. The van der Waals surface area contributed by atoms with Gasteiger partial charge < -0.3 is 14.7 Å². The highest BCUT2D eigenvalue weighted by Crippen LogP contribution is 2.33. The van der Waals surface area contributed by atoms with Crippen LogP contribution in [0.1, 0.15) is 18.7 Å². The van der Waals surface area contributed by atoms with Crippen molar-refractivity contribution in [2.75, 3.05) is 0 Å². The molecule has 1 atom stereocenters. The van der Waals surface area contributed by atoms with Crippen LogP contribution in [0.25, 0.3) is 22.6 Å². The second-order valence-corrected chi connectivity index (χ2v) is 5.37. The lowest BCUT2D eigenvalue weighted by molar-refractivity contribution is 0.363. The number of para-hydroxylation sites is 1. The molecule has 20 heavy (non-hydrogen) atoms. The van der Waals surface area contributed by atoms with Crippen molar-refractivity contribution in [3.8, 4) is 11.6 Å². The Kier molecular flexibility index (Phi) is 2.60. The molecule has 0 saturated heterocycles. The molecule has 2 heterocycles. The Bertz CT molecular complexity index is 709. The third-order valence-electron chi connectivity index (χ3n) is 3.75. The average molecular weight is 269 g/mol. The Balaban J connectivity index is 1.60. The molecule has 3 aromatic rings. The smallest absolute Gasteiger partial charge is 0.238 e. The van der Waals surface area contributed by atoms with Crippen molar-refractivity contribution in [2.45, 2.75) is 25.3 Å². The van der Waals surface area contributed by atoms with E-state index in [1.54, 1.807) is 0 Å². The van der Waals surface area contributed by atoms with E-state index in [1.807, 2.05) is 30.3 Å². The third-order valence-corrected chi connectivity index (χ3v) is 3.75. The zero-order valence-electron chi connectivity index (χ0n) is 11.0. The van der Waals surface area contributed by atoms with E-state index >= 15 is 0 Å². The van der Waals surface area contributed by atoms with Crippen LogP contribution in [0, 0.1) is 5.92 Å². The van der Waals surface area contributed by atoms with Crippen LogP contribution in [0.3, 0.4) is 0 Å². The van der Waals surface area contributed by atoms with Crippen molar-refractivity contribution >= 4 is 11.0 Å². The van der Waals surface area contributed by atoms with Gasteiger partial charge in [0.15, 0.2) is 5.76 Å². The molecule has 1 aliphatic rings. The van der Waals surface area contributed by atoms with Gasteiger partial charge in [-0.25, -0.2) is 0 Å². The second-order valence-electron chi connectivity index (χ2n) is 5.37. The summed E-state index contributed by atoms with van der Waals surface area (Å²) in [5, 5.41) is 5.01. The average Bonchev–Trinajstić information content (AvgIpc) is 3.06. The molecule has 2 aromatic heterocycles. The maximum Gasteiger partial charge on any atom is 0.238 e. The van der Waals surface area contributed by atoms with Gasteiger partial charge in [-0.2, -0.15) is 4.98 Å². The molecule has 1 unspecified atom stereocenters. The number of aromatic nitrogens is 2. The Labute approximate surface area is 115 Å². The van der Waals surface area contributed by atoms with Crippen LogP contribution in [0.5, 0.6) is 0 Å². The van der Waals surface area contributed by atoms with Gasteiger partial charge in [0.25, 0.3) is 0 Å². The topological polar surface area (TPSA) is 78.1 Å². The maximum atomic E-state index is 6.07. The van der Waals surface area contributed by atoms with Crippen molar-refractivity contribution in [3.63, 3.8) is 0 Å². The van der Waals surface area contributed by atoms with Gasteiger partial charge in [0.05, 0.1) is 0 Å². The van der Waals surface area contributed by atoms with Crippen molar-refractivity contribution in [1.82, 2.24) is 10.1 Å². The predicted octanol–water partition coefficient (Wildman–Crippen LogP) is 2.76. The fourth-order valence-electron chi connectivity index (χ4n) is 2.42. The largest absolute Gasteiger partial charge is 0.453 e. The molecule has 5 heteroatoms. The molecule has 0 amide bonds. The summed E-state index contributed by atoms with van der Waals surface area (Å²) in [7, 11) is 0. The van der Waals surface area contributed by atoms with Gasteiger partial charge >= 0.3 is 0 Å². The third kappa shape index (κ3) is 2.10. The Hall–Kier alpha value is -2.14. The molecule has 102 valence electrons. The highest BCUT2D eigenvalue weighted by atomic mass is 16.5. The lowest BCUT2D eigenvalue weighted by Crippen LogP contribution is -2.25. The van der Waals surface area contributed by atoms with E-state index in [4.69, 9.17) is 14.7 Å². The second kappa shape index (κ2) is 4.45. The van der Waals surface area contributed by atoms with Gasteiger partial charge in [-0.05, 0) is 30.9 Å². The number of hydrogen-bond donors (Lipinski definition) is 1. The molecule has 0 aliphatic heterocycles. The van der Waals surface area contributed by atoms with E-state index in [0.717, 1.165) is 11.0 Å². The first-order valence-electron chi connectivity index (χ1n) is 6.87. The monoisotopic (exact) mass is 269 g/mol. The summed E-state index contributed by atoms with van der Waals surface area (Å²) in [6.07, 6.45) is 3.06. The summed E-state index contributed by atoms with van der Waals surface area (Å²) in [6.45, 7) is 0. The van der Waals surface area contributed by atoms with Gasteiger partial charge in [-0.3, -0.25) is 0 Å². The van der Waals surface area contributed by atoms with Crippen molar-refractivity contribution in [3.05, 3.63) is 36.2 Å². The quantitative estimate of drug-likeness (QED) is 0.788. The van der Waals surface area contributed by atoms with E-state index < -0.39 is 0 Å². The van der Waals surface area contributed by atoms with Crippen LogP contribution in [-0.4, -0.2) is 16.2 Å². The maximum absolute atomic E-state index is 6.07. The highest BCUT2D eigenvalue weighted by molar-refractivity contribution is 5.81. The Morgan fingerprint density at radius 3 is 2.95 bits per heavy atom. The van der Waals surface area contributed by atoms with Crippen LogP contribution in [-0.2, 0) is 6.42 Å². The van der Waals surface area contributed by atoms with Crippen molar-refractivity contribution in [2.24, 2.45) is 11.7 Å². The van der Waals surface area contributed by atoms with E-state index in [9.17, 15) is 0 Å². The van der Waals surface area contributed by atoms with Crippen LogP contribution in [0.15, 0.2) is 39.3 Å². The van der Waals surface area contributed by atoms with Gasteiger partial charge in [-0.1, -0.05) is 23.4 Å². The van der Waals surface area contributed by atoms with Gasteiger partial charge in [0.1, 0.15) is 5.58 Å². The molecule has 4 rings (SSSR count). The fraction of sp³-hybridized carbons (Fsp3) is 0.333. The van der Waals surface area contributed by atoms with Gasteiger partial charge in [0.2, 0.25) is 11.7 Å². The number of nitrogens with zero attached hydrogens (tertiary/aromatic N) is 2. The zero-order valence-corrected chi connectivity index (χ0v) is 11.0. The molecular formula is C15H15N3O2. The number of hydrogen-bond acceptors (Lipinski definition) is 5. The lowest BCUT2D eigenvalue weighted by atomic mass is 10.1. The molecule has 2 N–H and O–H groups in total. The van der Waals surface area contributed by atoms with Gasteiger partial charge in [-0.15, -0.1) is 0 Å². The van der Waals surface area contributed by atoms with Crippen LogP contribution < -0.4 is 5.73 Å². The normalized spacial score (nSPS) is 16.6. The molecule has 1 saturated carbocycles. The summed E-state index contributed by atoms with van der Waals surface area (Å²) >= 11 is 0. The van der Waals surface area contributed by atoms with Crippen LogP contribution in [0.2, 0.25) is 0 Å². The number of fused-ring (bicyclic) bond motifs is 1. The first-order valence-corrected chi connectivity index (χ1v) is 6.87. The lowest BCUT2D eigenvalue weighted by Gasteiger charge is -2.04. The summed E-state index contributed by atoms with van der Waals surface area (Å²) in [4.78, 5) is 4.37. The zero-order chi connectivity index (χ0) is 13.5. The minimum Gasteiger partial charge on any atom is -0.453 e. The highest BCUT2D eigenvalue weighted by Gasteiger charge is 2.30. The van der Waals surface area contributed by atoms with Crippen LogP contribution in [0.4, 0.5) is 0 Å². The molecule has 0 bridgehead atoms. The SMILES string of the molecule is NC(Cc1nc(-c2cc3ccccc3o2)no1)C1CC1. The number of furan rings is 1. The summed E-state index contributed by atoms with van der Waals surface area (Å²) in [5.74, 6) is 2.32. The Morgan fingerprint density at radius 1 is 1.30 bits per heavy atom. The minimum atomic E-state index is 0.124. The molecule has 0 radical (unpaired) electrons. The molecular weight excluding hydrogens is 254 g/mol. The fourth-order valence-corrected chi connectivity index (χ4v) is 2.42. The molecule has 1 aromatic carbocycles. The molecule has 1 fully saturated rings. The Morgan fingerprint density at radius 2 is 2.15 bits per heavy atom. The van der Waals surface area contributed by atoms with E-state index in [-0.39, 0.29) is 6.04 Å². The predicted molar refractivity (Wildman–Crippen MR) is 73.9 cm³/mol. The first-order chi connectivity index (χ1) is 9.79. The number of nitrogens with two attached hydrogens (primary N) is 1. The van der Waals surface area contributed by atoms with Crippen LogP contribution >= 0.6 is 0 Å². The molecule has 5 nitrogen and oxygen atoms in total. The first kappa shape index (κ1) is 11.7. The van der Waals surface area contributed by atoms with Gasteiger partial charge in [0, 0.05) is 17.8 Å². The standard InChI is InChI=1S/C15H15N3O2/c16-11(9-5-6-9)8-14-17-15(18-20-14)13-7-10-3-1-2-4-12(10)19-13/h1-4,7,9,11H,5-6,8,16H2. The van der Waals surface area contributed by atoms with Crippen molar-refractivity contribution in [1.29, 1.82) is 0 Å².